The average Bonchev–Trinajstić information content (AvgIpc) is 2.54. The normalized spacial score (nSPS) is 23.4. The van der Waals surface area contributed by atoms with E-state index < -0.39 is 11.7 Å². The third-order valence-electron chi connectivity index (χ3n) is 4.87. The van der Waals surface area contributed by atoms with Gasteiger partial charge in [-0.1, -0.05) is 6.07 Å². The molecule has 3 N–H and O–H groups in total. The summed E-state index contributed by atoms with van der Waals surface area (Å²) >= 11 is 0. The van der Waals surface area contributed by atoms with E-state index in [4.69, 9.17) is 15.2 Å². The van der Waals surface area contributed by atoms with Gasteiger partial charge >= 0.3 is 6.09 Å². The van der Waals surface area contributed by atoms with E-state index in [0.29, 0.717) is 63.2 Å². The number of hydrogen-bond acceptors (Lipinski definition) is 4. The summed E-state index contributed by atoms with van der Waals surface area (Å²) in [4.78, 5) is 12.9. The summed E-state index contributed by atoms with van der Waals surface area (Å²) in [6.07, 6.45) is 1.08. The van der Waals surface area contributed by atoms with Crippen LogP contribution in [-0.2, 0) is 15.9 Å². The molecule has 1 unspecified atom stereocenters. The fraction of sp³-hybridized carbons (Fsp3) is 0.588. The molecule has 24 heavy (non-hydrogen) atoms. The Labute approximate surface area is 140 Å². The lowest BCUT2D eigenvalue weighted by molar-refractivity contribution is -0.184. The molecule has 2 fully saturated rings. The lowest BCUT2D eigenvalue weighted by Crippen LogP contribution is -2.58. The van der Waals surface area contributed by atoms with Crippen molar-refractivity contribution in [1.29, 1.82) is 0 Å². The van der Waals surface area contributed by atoms with Gasteiger partial charge in [0.1, 0.15) is 5.82 Å². The quantitative estimate of drug-likeness (QED) is 0.826. The highest BCUT2D eigenvalue weighted by Crippen LogP contribution is 2.33. The summed E-state index contributed by atoms with van der Waals surface area (Å²) in [5, 5.41) is 9.40. The standard InChI is InChI=1S/C17H23FN2O4/c18-14-2-1-3-15(19)13(14)5-4-12-10-20(16(21)22)11-17(24-12)6-8-23-9-7-17/h1-3,12H,4-11,19H2,(H,21,22). The number of carbonyl (C=O) groups is 1. The molecular formula is C17H23FN2O4. The fourth-order valence-corrected chi connectivity index (χ4v) is 3.55. The number of amides is 1. The smallest absolute Gasteiger partial charge is 0.407 e. The number of rotatable bonds is 3. The molecule has 1 atom stereocenters. The summed E-state index contributed by atoms with van der Waals surface area (Å²) in [6.45, 7) is 1.80. The first kappa shape index (κ1) is 17.0. The van der Waals surface area contributed by atoms with Gasteiger partial charge in [0.2, 0.25) is 0 Å². The van der Waals surface area contributed by atoms with Crippen LogP contribution in [0.15, 0.2) is 18.2 Å². The minimum atomic E-state index is -0.945. The van der Waals surface area contributed by atoms with Crippen LogP contribution in [0.25, 0.3) is 0 Å². The monoisotopic (exact) mass is 338 g/mol. The molecular weight excluding hydrogens is 315 g/mol. The number of ether oxygens (including phenoxy) is 2. The second-order valence-electron chi connectivity index (χ2n) is 6.54. The van der Waals surface area contributed by atoms with E-state index in [1.165, 1.54) is 11.0 Å². The summed E-state index contributed by atoms with van der Waals surface area (Å²) in [5.41, 5.74) is 6.25. The number of benzene rings is 1. The Kier molecular flexibility index (Phi) is 4.91. The second kappa shape index (κ2) is 6.94. The molecule has 2 heterocycles. The van der Waals surface area contributed by atoms with Crippen LogP contribution in [0.5, 0.6) is 0 Å². The predicted molar refractivity (Wildman–Crippen MR) is 86.4 cm³/mol. The minimum absolute atomic E-state index is 0.271. The molecule has 1 aromatic rings. The van der Waals surface area contributed by atoms with Gasteiger partial charge in [-0.2, -0.15) is 0 Å². The highest BCUT2D eigenvalue weighted by molar-refractivity contribution is 5.65. The van der Waals surface area contributed by atoms with Crippen molar-refractivity contribution >= 4 is 11.8 Å². The molecule has 2 saturated heterocycles. The van der Waals surface area contributed by atoms with Crippen LogP contribution >= 0.6 is 0 Å². The number of halogens is 1. The number of carboxylic acid groups (broad SMARTS) is 1. The number of morpholine rings is 1. The third-order valence-corrected chi connectivity index (χ3v) is 4.87. The fourth-order valence-electron chi connectivity index (χ4n) is 3.55. The van der Waals surface area contributed by atoms with E-state index in [1.54, 1.807) is 12.1 Å². The SMILES string of the molecule is Nc1cccc(F)c1CCC1CN(C(=O)O)CC2(CCOCC2)O1. The van der Waals surface area contributed by atoms with Crippen molar-refractivity contribution in [3.05, 3.63) is 29.6 Å². The van der Waals surface area contributed by atoms with Crippen LogP contribution in [0.3, 0.4) is 0 Å². The van der Waals surface area contributed by atoms with Crippen molar-refractivity contribution < 1.29 is 23.8 Å². The van der Waals surface area contributed by atoms with Gasteiger partial charge in [-0.25, -0.2) is 9.18 Å². The Balaban J connectivity index is 1.70. The van der Waals surface area contributed by atoms with Gasteiger partial charge < -0.3 is 25.2 Å². The van der Waals surface area contributed by atoms with Crippen LogP contribution in [0.1, 0.15) is 24.8 Å². The molecule has 2 aliphatic rings. The number of nitrogens with two attached hydrogens (primary N) is 1. The summed E-state index contributed by atoms with van der Waals surface area (Å²) in [7, 11) is 0. The maximum absolute atomic E-state index is 13.9. The molecule has 0 aromatic heterocycles. The Morgan fingerprint density at radius 3 is 2.83 bits per heavy atom. The van der Waals surface area contributed by atoms with Gasteiger partial charge in [-0.3, -0.25) is 0 Å². The van der Waals surface area contributed by atoms with Gasteiger partial charge in [0.15, 0.2) is 0 Å². The zero-order chi connectivity index (χ0) is 17.2. The van der Waals surface area contributed by atoms with Gasteiger partial charge in [0.05, 0.1) is 24.8 Å². The van der Waals surface area contributed by atoms with Gasteiger partial charge in [-0.05, 0) is 25.0 Å². The molecule has 7 heteroatoms. The second-order valence-corrected chi connectivity index (χ2v) is 6.54. The summed E-state index contributed by atoms with van der Waals surface area (Å²) in [6, 6.07) is 4.63. The Morgan fingerprint density at radius 2 is 2.17 bits per heavy atom. The lowest BCUT2D eigenvalue weighted by Gasteiger charge is -2.47. The molecule has 0 aliphatic carbocycles. The van der Waals surface area contributed by atoms with Crippen molar-refractivity contribution in [3.63, 3.8) is 0 Å². The molecule has 3 rings (SSSR count). The minimum Gasteiger partial charge on any atom is -0.465 e. The number of nitrogen functional groups attached to an aromatic ring is 1. The first-order valence-corrected chi connectivity index (χ1v) is 8.25. The molecule has 0 radical (unpaired) electrons. The van der Waals surface area contributed by atoms with E-state index >= 15 is 0 Å². The Morgan fingerprint density at radius 1 is 1.42 bits per heavy atom. The van der Waals surface area contributed by atoms with Crippen molar-refractivity contribution in [1.82, 2.24) is 4.90 Å². The van der Waals surface area contributed by atoms with E-state index in [9.17, 15) is 14.3 Å². The third kappa shape index (κ3) is 3.62. The Hall–Kier alpha value is -1.86. The van der Waals surface area contributed by atoms with Crippen LogP contribution in [0.2, 0.25) is 0 Å². The predicted octanol–water partition coefficient (Wildman–Crippen LogP) is 2.27. The zero-order valence-corrected chi connectivity index (χ0v) is 13.5. The highest BCUT2D eigenvalue weighted by Gasteiger charge is 2.43. The average molecular weight is 338 g/mol. The zero-order valence-electron chi connectivity index (χ0n) is 13.5. The van der Waals surface area contributed by atoms with Crippen molar-refractivity contribution in [2.45, 2.75) is 37.4 Å². The van der Waals surface area contributed by atoms with Gasteiger partial charge in [0.25, 0.3) is 0 Å². The van der Waals surface area contributed by atoms with E-state index in [2.05, 4.69) is 0 Å². The summed E-state index contributed by atoms with van der Waals surface area (Å²) in [5.74, 6) is -0.332. The Bertz CT molecular complexity index is 584. The molecule has 1 spiro atoms. The van der Waals surface area contributed by atoms with E-state index in [-0.39, 0.29) is 11.9 Å². The van der Waals surface area contributed by atoms with Crippen molar-refractivity contribution in [2.75, 3.05) is 32.0 Å². The van der Waals surface area contributed by atoms with Crippen LogP contribution < -0.4 is 5.73 Å². The topological polar surface area (TPSA) is 85.0 Å². The number of nitrogens with zero attached hydrogens (tertiary/aromatic N) is 1. The molecule has 0 bridgehead atoms. The molecule has 2 aliphatic heterocycles. The van der Waals surface area contributed by atoms with Crippen LogP contribution in [0, 0.1) is 5.82 Å². The molecule has 0 saturated carbocycles. The number of hydrogen-bond donors (Lipinski definition) is 2. The van der Waals surface area contributed by atoms with Crippen molar-refractivity contribution in [2.24, 2.45) is 0 Å². The maximum Gasteiger partial charge on any atom is 0.407 e. The van der Waals surface area contributed by atoms with Crippen molar-refractivity contribution in [3.8, 4) is 0 Å². The highest BCUT2D eigenvalue weighted by atomic mass is 19.1. The first-order valence-electron chi connectivity index (χ1n) is 8.25. The van der Waals surface area contributed by atoms with E-state index in [1.807, 2.05) is 0 Å². The molecule has 6 nitrogen and oxygen atoms in total. The van der Waals surface area contributed by atoms with Gasteiger partial charge in [0, 0.05) is 37.3 Å². The maximum atomic E-state index is 13.9. The largest absolute Gasteiger partial charge is 0.465 e. The summed E-state index contributed by atoms with van der Waals surface area (Å²) < 4.78 is 25.5. The molecule has 132 valence electrons. The van der Waals surface area contributed by atoms with Gasteiger partial charge in [-0.15, -0.1) is 0 Å². The lowest BCUT2D eigenvalue weighted by atomic mass is 9.90. The molecule has 1 amide bonds. The molecule has 1 aromatic carbocycles. The van der Waals surface area contributed by atoms with E-state index in [0.717, 1.165) is 0 Å². The van der Waals surface area contributed by atoms with Crippen LogP contribution in [-0.4, -0.2) is 54.1 Å². The van der Waals surface area contributed by atoms with Crippen LogP contribution in [0.4, 0.5) is 14.9 Å². The first-order chi connectivity index (χ1) is 11.5. The number of anilines is 1.